The minimum Gasteiger partial charge on any atom is -0.495 e. The van der Waals surface area contributed by atoms with Gasteiger partial charge in [-0.05, 0) is 6.07 Å². The maximum atomic E-state index is 6.08. The Labute approximate surface area is 122 Å². The molecule has 0 saturated carbocycles. The highest BCUT2D eigenvalue weighted by Crippen LogP contribution is 2.37. The molecule has 0 radical (unpaired) electrons. The molecule has 2 N–H and O–H groups in total. The molecule has 0 spiro atoms. The van der Waals surface area contributed by atoms with Crippen LogP contribution in [0.2, 0.25) is 5.02 Å². The first-order chi connectivity index (χ1) is 9.67. The van der Waals surface area contributed by atoms with Crippen molar-refractivity contribution in [1.82, 2.24) is 4.98 Å². The number of ether oxygens (including phenoxy) is 2. The van der Waals surface area contributed by atoms with E-state index < -0.39 is 0 Å². The molecule has 0 unspecified atom stereocenters. The van der Waals surface area contributed by atoms with E-state index in [0.29, 0.717) is 16.5 Å². The number of benzene rings is 1. The van der Waals surface area contributed by atoms with Gasteiger partial charge < -0.3 is 20.1 Å². The molecule has 0 saturated heterocycles. The molecular formula is C14H16ClN3O2. The van der Waals surface area contributed by atoms with Crippen molar-refractivity contribution in [2.75, 3.05) is 31.9 Å². The van der Waals surface area contributed by atoms with Crippen LogP contribution in [-0.2, 0) is 0 Å². The van der Waals surface area contributed by atoms with E-state index >= 15 is 0 Å². The molecule has 0 amide bonds. The topological polar surface area (TPSA) is 55.4 Å². The summed E-state index contributed by atoms with van der Waals surface area (Å²) in [7, 11) is 4.98. The Balaban J connectivity index is 2.36. The van der Waals surface area contributed by atoms with E-state index in [2.05, 4.69) is 15.6 Å². The van der Waals surface area contributed by atoms with E-state index in [9.17, 15) is 0 Å². The van der Waals surface area contributed by atoms with Crippen LogP contribution in [0.5, 0.6) is 11.5 Å². The van der Waals surface area contributed by atoms with E-state index in [0.717, 1.165) is 17.2 Å². The second-order valence-corrected chi connectivity index (χ2v) is 4.40. The van der Waals surface area contributed by atoms with Crippen LogP contribution in [0.4, 0.5) is 17.2 Å². The zero-order valence-corrected chi connectivity index (χ0v) is 12.3. The highest BCUT2D eigenvalue weighted by Gasteiger charge is 2.10. The predicted octanol–water partition coefficient (Wildman–Crippen LogP) is 3.54. The van der Waals surface area contributed by atoms with Crippen molar-refractivity contribution < 1.29 is 9.47 Å². The SMILES string of the molecule is CNc1cc(Nc2cc(OC)c(Cl)cc2OC)ccn1. The maximum absolute atomic E-state index is 6.08. The van der Waals surface area contributed by atoms with Crippen LogP contribution in [-0.4, -0.2) is 26.3 Å². The zero-order chi connectivity index (χ0) is 14.5. The molecule has 0 aliphatic carbocycles. The van der Waals surface area contributed by atoms with Crippen molar-refractivity contribution in [3.8, 4) is 11.5 Å². The summed E-state index contributed by atoms with van der Waals surface area (Å²) in [4.78, 5) is 4.16. The lowest BCUT2D eigenvalue weighted by molar-refractivity contribution is 0.405. The fourth-order valence-corrected chi connectivity index (χ4v) is 1.99. The molecule has 0 atom stereocenters. The van der Waals surface area contributed by atoms with Gasteiger partial charge in [-0.1, -0.05) is 11.6 Å². The van der Waals surface area contributed by atoms with Gasteiger partial charge in [0.2, 0.25) is 0 Å². The quantitative estimate of drug-likeness (QED) is 0.883. The summed E-state index contributed by atoms with van der Waals surface area (Å²) in [6.45, 7) is 0. The second kappa shape index (κ2) is 6.34. The Kier molecular flexibility index (Phi) is 4.53. The smallest absolute Gasteiger partial charge is 0.144 e. The maximum Gasteiger partial charge on any atom is 0.144 e. The number of hydrogen-bond acceptors (Lipinski definition) is 5. The Morgan fingerprint density at radius 3 is 2.50 bits per heavy atom. The number of nitrogens with zero attached hydrogens (tertiary/aromatic N) is 1. The molecule has 1 aromatic carbocycles. The minimum atomic E-state index is 0.501. The van der Waals surface area contributed by atoms with Crippen molar-refractivity contribution in [2.24, 2.45) is 0 Å². The van der Waals surface area contributed by atoms with Crippen LogP contribution in [0, 0.1) is 0 Å². The molecule has 0 aliphatic heterocycles. The first kappa shape index (κ1) is 14.3. The van der Waals surface area contributed by atoms with Crippen LogP contribution in [0.1, 0.15) is 0 Å². The fourth-order valence-electron chi connectivity index (χ4n) is 1.76. The van der Waals surface area contributed by atoms with Gasteiger partial charge in [0.1, 0.15) is 17.3 Å². The van der Waals surface area contributed by atoms with Crippen molar-refractivity contribution in [3.05, 3.63) is 35.5 Å². The first-order valence-electron chi connectivity index (χ1n) is 6.00. The molecule has 20 heavy (non-hydrogen) atoms. The average Bonchev–Trinajstić information content (AvgIpc) is 2.48. The third kappa shape index (κ3) is 3.05. The van der Waals surface area contributed by atoms with Crippen LogP contribution in [0.3, 0.4) is 0 Å². The summed E-state index contributed by atoms with van der Waals surface area (Å²) in [6, 6.07) is 7.26. The fraction of sp³-hybridized carbons (Fsp3) is 0.214. The number of pyridine rings is 1. The standard InChI is InChI=1S/C14H16ClN3O2/c1-16-14-6-9(4-5-17-14)18-11-8-12(19-2)10(15)7-13(11)20-3/h4-8H,1-3H3,(H2,16,17,18). The first-order valence-corrected chi connectivity index (χ1v) is 6.38. The number of nitrogens with one attached hydrogen (secondary N) is 2. The molecular weight excluding hydrogens is 278 g/mol. The van der Waals surface area contributed by atoms with Gasteiger partial charge in [0, 0.05) is 37.1 Å². The third-order valence-corrected chi connectivity index (χ3v) is 3.06. The van der Waals surface area contributed by atoms with Crippen molar-refractivity contribution in [3.63, 3.8) is 0 Å². The van der Waals surface area contributed by atoms with E-state index in [4.69, 9.17) is 21.1 Å². The summed E-state index contributed by atoms with van der Waals surface area (Å²) in [5, 5.41) is 6.74. The Bertz CT molecular complexity index is 605. The second-order valence-electron chi connectivity index (χ2n) is 3.99. The van der Waals surface area contributed by atoms with Crippen molar-refractivity contribution in [1.29, 1.82) is 0 Å². The van der Waals surface area contributed by atoms with E-state index in [-0.39, 0.29) is 0 Å². The number of rotatable bonds is 5. The summed E-state index contributed by atoms with van der Waals surface area (Å²) >= 11 is 6.08. The summed E-state index contributed by atoms with van der Waals surface area (Å²) in [6.07, 6.45) is 1.72. The van der Waals surface area contributed by atoms with Crippen LogP contribution in [0.15, 0.2) is 30.5 Å². The molecule has 106 valence electrons. The van der Waals surface area contributed by atoms with Crippen LogP contribution < -0.4 is 20.1 Å². The Morgan fingerprint density at radius 2 is 1.85 bits per heavy atom. The molecule has 6 heteroatoms. The normalized spacial score (nSPS) is 10.0. The van der Waals surface area contributed by atoms with Gasteiger partial charge in [-0.2, -0.15) is 0 Å². The van der Waals surface area contributed by atoms with E-state index in [1.54, 1.807) is 32.5 Å². The van der Waals surface area contributed by atoms with Crippen molar-refractivity contribution in [2.45, 2.75) is 0 Å². The lowest BCUT2D eigenvalue weighted by atomic mass is 10.2. The molecule has 2 rings (SSSR count). The number of anilines is 3. The van der Waals surface area contributed by atoms with Gasteiger partial charge in [-0.25, -0.2) is 4.98 Å². The number of aromatic nitrogens is 1. The van der Waals surface area contributed by atoms with Crippen molar-refractivity contribution >= 4 is 28.8 Å². The summed E-state index contributed by atoms with van der Waals surface area (Å²) in [5.74, 6) is 1.99. The van der Waals surface area contributed by atoms with Gasteiger partial charge >= 0.3 is 0 Å². The van der Waals surface area contributed by atoms with Crippen LogP contribution in [0.25, 0.3) is 0 Å². The molecule has 0 aliphatic rings. The zero-order valence-electron chi connectivity index (χ0n) is 11.5. The number of methoxy groups -OCH3 is 2. The van der Waals surface area contributed by atoms with E-state index in [1.807, 2.05) is 19.2 Å². The largest absolute Gasteiger partial charge is 0.495 e. The van der Waals surface area contributed by atoms with Gasteiger partial charge in [0.05, 0.1) is 24.9 Å². The highest BCUT2D eigenvalue weighted by molar-refractivity contribution is 6.32. The Morgan fingerprint density at radius 1 is 1.10 bits per heavy atom. The van der Waals surface area contributed by atoms with Gasteiger partial charge in [0.15, 0.2) is 0 Å². The van der Waals surface area contributed by atoms with E-state index in [1.165, 1.54) is 0 Å². The molecule has 2 aromatic rings. The predicted molar refractivity (Wildman–Crippen MR) is 81.6 cm³/mol. The third-order valence-electron chi connectivity index (χ3n) is 2.77. The number of hydrogen-bond donors (Lipinski definition) is 2. The molecule has 5 nitrogen and oxygen atoms in total. The molecule has 0 fully saturated rings. The molecule has 1 heterocycles. The molecule has 1 aromatic heterocycles. The lowest BCUT2D eigenvalue weighted by Crippen LogP contribution is -1.98. The summed E-state index contributed by atoms with van der Waals surface area (Å²) in [5.41, 5.74) is 1.65. The summed E-state index contributed by atoms with van der Waals surface area (Å²) < 4.78 is 10.5. The monoisotopic (exact) mass is 293 g/mol. The highest BCUT2D eigenvalue weighted by atomic mass is 35.5. The average molecular weight is 294 g/mol. The van der Waals surface area contributed by atoms with Crippen LogP contribution >= 0.6 is 11.6 Å². The Hall–Kier alpha value is -2.14. The van der Waals surface area contributed by atoms with Gasteiger partial charge in [-0.3, -0.25) is 0 Å². The minimum absolute atomic E-state index is 0.501. The molecule has 0 bridgehead atoms. The van der Waals surface area contributed by atoms with Gasteiger partial charge in [-0.15, -0.1) is 0 Å². The lowest BCUT2D eigenvalue weighted by Gasteiger charge is -2.14. The van der Waals surface area contributed by atoms with Gasteiger partial charge in [0.25, 0.3) is 0 Å². The number of halogens is 1.